The van der Waals surface area contributed by atoms with Crippen molar-refractivity contribution in [2.45, 2.75) is 39.3 Å². The quantitative estimate of drug-likeness (QED) is 0.865. The predicted octanol–water partition coefficient (Wildman–Crippen LogP) is 2.04. The lowest BCUT2D eigenvalue weighted by atomic mass is 10.1. The number of carbonyl (C=O) groups is 1. The van der Waals surface area contributed by atoms with Crippen LogP contribution in [0.4, 0.5) is 0 Å². The summed E-state index contributed by atoms with van der Waals surface area (Å²) >= 11 is 0. The first-order valence-corrected chi connectivity index (χ1v) is 7.32. The van der Waals surface area contributed by atoms with Crippen LogP contribution >= 0.6 is 0 Å². The lowest BCUT2D eigenvalue weighted by Gasteiger charge is -2.24. The largest absolute Gasteiger partial charge is 0.334 e. The molecule has 1 fully saturated rings. The van der Waals surface area contributed by atoms with Gasteiger partial charge in [0.2, 0.25) is 5.91 Å². The van der Waals surface area contributed by atoms with Gasteiger partial charge >= 0.3 is 0 Å². The molecule has 0 aliphatic carbocycles. The molecule has 0 radical (unpaired) electrons. The molecule has 0 aromatic carbocycles. The van der Waals surface area contributed by atoms with Crippen LogP contribution in [0.15, 0.2) is 24.7 Å². The highest BCUT2D eigenvalue weighted by atomic mass is 16.2. The summed E-state index contributed by atoms with van der Waals surface area (Å²) < 4.78 is 1.90. The standard InChI is InChI=1S/C15H19N5O/c1-3-20-13(6-7-18-20)15-14(16-8-9-17-15)12-5-4-10-19(12)11(2)21/h6-9,12H,3-5,10H2,1-2H3/t12-/m1/s1. The van der Waals surface area contributed by atoms with E-state index in [4.69, 9.17) is 0 Å². The molecule has 2 aromatic heterocycles. The second-order valence-corrected chi connectivity index (χ2v) is 5.19. The summed E-state index contributed by atoms with van der Waals surface area (Å²) in [6, 6.07) is 1.97. The summed E-state index contributed by atoms with van der Waals surface area (Å²) in [6.45, 7) is 5.23. The van der Waals surface area contributed by atoms with Crippen LogP contribution in [0, 0.1) is 0 Å². The predicted molar refractivity (Wildman–Crippen MR) is 78.3 cm³/mol. The van der Waals surface area contributed by atoms with Gasteiger partial charge in [0.15, 0.2) is 0 Å². The molecule has 1 aliphatic heterocycles. The van der Waals surface area contributed by atoms with Gasteiger partial charge in [-0.25, -0.2) is 0 Å². The molecule has 0 spiro atoms. The molecule has 110 valence electrons. The van der Waals surface area contributed by atoms with Gasteiger partial charge in [0.25, 0.3) is 0 Å². The monoisotopic (exact) mass is 285 g/mol. The van der Waals surface area contributed by atoms with Gasteiger partial charge in [0.1, 0.15) is 5.69 Å². The van der Waals surface area contributed by atoms with Crippen molar-refractivity contribution in [3.05, 3.63) is 30.4 Å². The third-order valence-electron chi connectivity index (χ3n) is 3.96. The zero-order valence-electron chi connectivity index (χ0n) is 12.4. The lowest BCUT2D eigenvalue weighted by molar-refractivity contribution is -0.129. The topological polar surface area (TPSA) is 63.9 Å². The number of aromatic nitrogens is 4. The van der Waals surface area contributed by atoms with Crippen molar-refractivity contribution in [1.82, 2.24) is 24.6 Å². The van der Waals surface area contributed by atoms with Crippen LogP contribution in [-0.4, -0.2) is 37.1 Å². The van der Waals surface area contributed by atoms with Crippen molar-refractivity contribution < 1.29 is 4.79 Å². The number of rotatable bonds is 3. The molecule has 6 heteroatoms. The molecular formula is C15H19N5O. The lowest BCUT2D eigenvalue weighted by Crippen LogP contribution is -2.29. The van der Waals surface area contributed by atoms with Crippen molar-refractivity contribution in [1.29, 1.82) is 0 Å². The molecular weight excluding hydrogens is 266 g/mol. The molecule has 6 nitrogen and oxygen atoms in total. The van der Waals surface area contributed by atoms with Crippen molar-refractivity contribution in [2.75, 3.05) is 6.54 Å². The highest BCUT2D eigenvalue weighted by molar-refractivity contribution is 5.74. The number of nitrogens with zero attached hydrogens (tertiary/aromatic N) is 5. The fourth-order valence-electron chi connectivity index (χ4n) is 3.00. The molecule has 0 bridgehead atoms. The Bertz CT molecular complexity index is 651. The van der Waals surface area contributed by atoms with Crippen molar-refractivity contribution >= 4 is 5.91 Å². The van der Waals surface area contributed by atoms with Gasteiger partial charge in [-0.2, -0.15) is 5.10 Å². The summed E-state index contributed by atoms with van der Waals surface area (Å²) in [5.41, 5.74) is 2.66. The van der Waals surface area contributed by atoms with Gasteiger partial charge < -0.3 is 4.90 Å². The van der Waals surface area contributed by atoms with Crippen molar-refractivity contribution in [3.8, 4) is 11.4 Å². The van der Waals surface area contributed by atoms with E-state index in [0.29, 0.717) is 0 Å². The summed E-state index contributed by atoms with van der Waals surface area (Å²) in [5, 5.41) is 4.30. The van der Waals surface area contributed by atoms with Crippen LogP contribution < -0.4 is 0 Å². The first-order chi connectivity index (χ1) is 10.2. The maximum atomic E-state index is 11.8. The summed E-state index contributed by atoms with van der Waals surface area (Å²) in [4.78, 5) is 22.7. The highest BCUT2D eigenvalue weighted by Crippen LogP contribution is 2.35. The smallest absolute Gasteiger partial charge is 0.220 e. The molecule has 1 amide bonds. The molecule has 0 N–H and O–H groups in total. The minimum Gasteiger partial charge on any atom is -0.334 e. The van der Waals surface area contributed by atoms with Crippen molar-refractivity contribution in [2.24, 2.45) is 0 Å². The third kappa shape index (κ3) is 2.41. The van der Waals surface area contributed by atoms with E-state index >= 15 is 0 Å². The molecule has 2 aromatic rings. The van der Waals surface area contributed by atoms with Crippen LogP contribution in [-0.2, 0) is 11.3 Å². The zero-order valence-corrected chi connectivity index (χ0v) is 12.4. The SMILES string of the molecule is CCn1nccc1-c1nccnc1[C@H]1CCCN1C(C)=O. The summed E-state index contributed by atoms with van der Waals surface area (Å²) in [5.74, 6) is 0.0955. The normalized spacial score (nSPS) is 18.2. The van der Waals surface area contributed by atoms with E-state index in [1.54, 1.807) is 25.5 Å². The maximum absolute atomic E-state index is 11.8. The first-order valence-electron chi connectivity index (χ1n) is 7.32. The Morgan fingerprint density at radius 1 is 1.33 bits per heavy atom. The molecule has 21 heavy (non-hydrogen) atoms. The van der Waals surface area contributed by atoms with Crippen LogP contribution in [0.3, 0.4) is 0 Å². The van der Waals surface area contributed by atoms with Gasteiger partial charge in [0.05, 0.1) is 17.4 Å². The Morgan fingerprint density at radius 2 is 2.14 bits per heavy atom. The van der Waals surface area contributed by atoms with E-state index in [9.17, 15) is 4.79 Å². The Balaban J connectivity index is 2.06. The molecule has 0 saturated carbocycles. The number of likely N-dealkylation sites (tertiary alicyclic amines) is 1. The Labute approximate surface area is 123 Å². The fraction of sp³-hybridized carbons (Fsp3) is 0.467. The molecule has 3 rings (SSSR count). The molecule has 1 aliphatic rings. The van der Waals surface area contributed by atoms with Gasteiger partial charge in [-0.05, 0) is 25.8 Å². The Kier molecular flexibility index (Phi) is 3.68. The maximum Gasteiger partial charge on any atom is 0.220 e. The molecule has 0 unspecified atom stereocenters. The van der Waals surface area contributed by atoms with Crippen LogP contribution in [0.5, 0.6) is 0 Å². The Morgan fingerprint density at radius 3 is 2.90 bits per heavy atom. The van der Waals surface area contributed by atoms with Gasteiger partial charge in [-0.3, -0.25) is 19.4 Å². The zero-order chi connectivity index (χ0) is 14.8. The van der Waals surface area contributed by atoms with Crippen molar-refractivity contribution in [3.63, 3.8) is 0 Å². The average molecular weight is 285 g/mol. The van der Waals surface area contributed by atoms with Gasteiger partial charge in [0, 0.05) is 38.6 Å². The van der Waals surface area contributed by atoms with Crippen LogP contribution in [0.1, 0.15) is 38.4 Å². The van der Waals surface area contributed by atoms with Crippen LogP contribution in [0.2, 0.25) is 0 Å². The van der Waals surface area contributed by atoms with E-state index in [2.05, 4.69) is 15.1 Å². The third-order valence-corrected chi connectivity index (χ3v) is 3.96. The molecule has 1 atom stereocenters. The van der Waals surface area contributed by atoms with E-state index < -0.39 is 0 Å². The number of amides is 1. The van der Waals surface area contributed by atoms with E-state index in [1.807, 2.05) is 22.6 Å². The average Bonchev–Trinajstić information content (AvgIpc) is 3.16. The minimum atomic E-state index is 0.0198. The highest BCUT2D eigenvalue weighted by Gasteiger charge is 2.31. The first kappa shape index (κ1) is 13.7. The number of hydrogen-bond donors (Lipinski definition) is 0. The van der Waals surface area contributed by atoms with Crippen LogP contribution in [0.25, 0.3) is 11.4 Å². The summed E-state index contributed by atoms with van der Waals surface area (Å²) in [7, 11) is 0. The number of hydrogen-bond acceptors (Lipinski definition) is 4. The minimum absolute atomic E-state index is 0.0198. The van der Waals surface area contributed by atoms with Gasteiger partial charge in [-0.15, -0.1) is 0 Å². The van der Waals surface area contributed by atoms with E-state index in [-0.39, 0.29) is 11.9 Å². The second kappa shape index (κ2) is 5.63. The fourth-order valence-corrected chi connectivity index (χ4v) is 3.00. The van der Waals surface area contributed by atoms with E-state index in [0.717, 1.165) is 43.0 Å². The number of carbonyl (C=O) groups excluding carboxylic acids is 1. The van der Waals surface area contributed by atoms with E-state index in [1.165, 1.54) is 0 Å². The molecule has 1 saturated heterocycles. The van der Waals surface area contributed by atoms with Gasteiger partial charge in [-0.1, -0.05) is 0 Å². The second-order valence-electron chi connectivity index (χ2n) is 5.19. The molecule has 3 heterocycles. The summed E-state index contributed by atoms with van der Waals surface area (Å²) in [6.07, 6.45) is 7.11. The number of aryl methyl sites for hydroxylation is 1. The Hall–Kier alpha value is -2.24.